The zero-order chi connectivity index (χ0) is 25.5. The van der Waals surface area contributed by atoms with Crippen LogP contribution >= 0.6 is 0 Å². The number of hydrogen-bond acceptors (Lipinski definition) is 9. The standard InChI is InChI=1S/C26H24N6O4/c1-32(17-10-4-3-5-11-17)23(33)18-12-6-7-13-19(18)24(34)36-16-22-29-25(27)31-26(30-22)28-20-14-8-9-15-21(20)35-2/h3-15H,16H2,1-2H3,(H3,27,28,29,30,31). The largest absolute Gasteiger partial charge is 0.495 e. The van der Waals surface area contributed by atoms with Crippen molar-refractivity contribution in [3.05, 3.63) is 95.8 Å². The topological polar surface area (TPSA) is 133 Å². The fourth-order valence-electron chi connectivity index (χ4n) is 3.43. The third-order valence-corrected chi connectivity index (χ3v) is 5.21. The lowest BCUT2D eigenvalue weighted by molar-refractivity contribution is 0.0459. The highest BCUT2D eigenvalue weighted by Crippen LogP contribution is 2.26. The van der Waals surface area contributed by atoms with E-state index >= 15 is 0 Å². The van der Waals surface area contributed by atoms with Crippen LogP contribution in [-0.2, 0) is 11.3 Å². The molecule has 0 aliphatic rings. The number of hydrogen-bond donors (Lipinski definition) is 2. The molecule has 4 aromatic rings. The number of nitrogens with two attached hydrogens (primary N) is 1. The maximum atomic E-state index is 13.1. The first-order valence-electron chi connectivity index (χ1n) is 11.0. The molecule has 10 heteroatoms. The number of rotatable bonds is 8. The number of nitrogens with one attached hydrogen (secondary N) is 1. The van der Waals surface area contributed by atoms with Crippen LogP contribution < -0.4 is 20.7 Å². The van der Waals surface area contributed by atoms with Crippen molar-refractivity contribution < 1.29 is 19.1 Å². The van der Waals surface area contributed by atoms with Gasteiger partial charge in [-0.2, -0.15) is 15.0 Å². The number of para-hydroxylation sites is 3. The maximum absolute atomic E-state index is 13.1. The number of methoxy groups -OCH3 is 1. The summed E-state index contributed by atoms with van der Waals surface area (Å²) < 4.78 is 10.7. The number of aromatic nitrogens is 3. The first kappa shape index (κ1) is 24.1. The molecule has 3 N–H and O–H groups in total. The van der Waals surface area contributed by atoms with Crippen LogP contribution in [0.2, 0.25) is 0 Å². The minimum absolute atomic E-state index is 0.0477. The van der Waals surface area contributed by atoms with Gasteiger partial charge in [0.05, 0.1) is 23.9 Å². The average molecular weight is 485 g/mol. The van der Waals surface area contributed by atoms with Crippen molar-refractivity contribution >= 4 is 35.1 Å². The average Bonchev–Trinajstić information content (AvgIpc) is 2.91. The second-order valence-electron chi connectivity index (χ2n) is 7.58. The number of nitrogens with zero attached hydrogens (tertiary/aromatic N) is 4. The van der Waals surface area contributed by atoms with Crippen LogP contribution in [0.25, 0.3) is 0 Å². The maximum Gasteiger partial charge on any atom is 0.339 e. The van der Waals surface area contributed by atoms with E-state index in [-0.39, 0.29) is 41.4 Å². The molecule has 0 atom stereocenters. The number of carbonyl (C=O) groups excluding carboxylic acids is 2. The number of anilines is 4. The van der Waals surface area contributed by atoms with E-state index in [1.54, 1.807) is 56.6 Å². The Balaban J connectivity index is 1.49. The highest BCUT2D eigenvalue weighted by molar-refractivity contribution is 6.11. The van der Waals surface area contributed by atoms with Crippen molar-refractivity contribution in [1.82, 2.24) is 15.0 Å². The molecule has 0 fully saturated rings. The zero-order valence-corrected chi connectivity index (χ0v) is 19.7. The van der Waals surface area contributed by atoms with Crippen molar-refractivity contribution in [2.75, 3.05) is 30.1 Å². The lowest BCUT2D eigenvalue weighted by atomic mass is 10.1. The molecule has 0 saturated carbocycles. The van der Waals surface area contributed by atoms with Gasteiger partial charge in [0.1, 0.15) is 5.75 Å². The second kappa shape index (κ2) is 11.0. The van der Waals surface area contributed by atoms with E-state index in [4.69, 9.17) is 15.2 Å². The van der Waals surface area contributed by atoms with E-state index in [1.165, 1.54) is 11.0 Å². The predicted octanol–water partition coefficient (Wildman–Crippen LogP) is 3.84. The van der Waals surface area contributed by atoms with Gasteiger partial charge in [-0.15, -0.1) is 0 Å². The molecule has 4 rings (SSSR count). The normalized spacial score (nSPS) is 10.4. The Morgan fingerprint density at radius 2 is 1.56 bits per heavy atom. The Labute approximate surface area is 207 Å². The van der Waals surface area contributed by atoms with Crippen molar-refractivity contribution in [1.29, 1.82) is 0 Å². The molecule has 1 heterocycles. The molecule has 182 valence electrons. The van der Waals surface area contributed by atoms with Crippen molar-refractivity contribution in [2.45, 2.75) is 6.61 Å². The molecule has 3 aromatic carbocycles. The molecular weight excluding hydrogens is 460 g/mol. The fourth-order valence-corrected chi connectivity index (χ4v) is 3.43. The lowest BCUT2D eigenvalue weighted by Gasteiger charge is -2.18. The summed E-state index contributed by atoms with van der Waals surface area (Å²) >= 11 is 0. The van der Waals surface area contributed by atoms with Crippen molar-refractivity contribution in [2.24, 2.45) is 0 Å². The van der Waals surface area contributed by atoms with Gasteiger partial charge < -0.3 is 25.4 Å². The van der Waals surface area contributed by atoms with Crippen molar-refractivity contribution in [3.63, 3.8) is 0 Å². The van der Waals surface area contributed by atoms with Crippen LogP contribution in [0, 0.1) is 0 Å². The van der Waals surface area contributed by atoms with E-state index in [0.717, 1.165) is 0 Å². The van der Waals surface area contributed by atoms with E-state index in [1.807, 2.05) is 30.3 Å². The molecule has 0 unspecified atom stereocenters. The van der Waals surface area contributed by atoms with Gasteiger partial charge in [0.15, 0.2) is 12.4 Å². The Hall–Kier alpha value is -4.99. The molecule has 0 aliphatic carbocycles. The number of amides is 1. The highest BCUT2D eigenvalue weighted by atomic mass is 16.5. The lowest BCUT2D eigenvalue weighted by Crippen LogP contribution is -2.28. The Bertz CT molecular complexity index is 1380. The molecule has 0 saturated heterocycles. The molecule has 0 bridgehead atoms. The Kier molecular flexibility index (Phi) is 7.35. The summed E-state index contributed by atoms with van der Waals surface area (Å²) in [6.45, 7) is -0.275. The smallest absolute Gasteiger partial charge is 0.339 e. The van der Waals surface area contributed by atoms with Crippen LogP contribution in [0.1, 0.15) is 26.5 Å². The van der Waals surface area contributed by atoms with Gasteiger partial charge >= 0.3 is 5.97 Å². The quantitative estimate of drug-likeness (QED) is 0.358. The summed E-state index contributed by atoms with van der Waals surface area (Å²) in [5.41, 5.74) is 7.49. The van der Waals surface area contributed by atoms with Crippen LogP contribution in [0.5, 0.6) is 5.75 Å². The fraction of sp³-hybridized carbons (Fsp3) is 0.115. The molecule has 10 nitrogen and oxygen atoms in total. The van der Waals surface area contributed by atoms with Crippen LogP contribution in [0.4, 0.5) is 23.3 Å². The number of esters is 1. The zero-order valence-electron chi connectivity index (χ0n) is 19.7. The van der Waals surface area contributed by atoms with Gasteiger partial charge in [0, 0.05) is 12.7 Å². The summed E-state index contributed by atoms with van der Waals surface area (Å²) in [5.74, 6) is -0.198. The summed E-state index contributed by atoms with van der Waals surface area (Å²) in [6, 6.07) is 22.8. The number of carbonyl (C=O) groups is 2. The molecule has 0 radical (unpaired) electrons. The molecule has 1 aromatic heterocycles. The van der Waals surface area contributed by atoms with Gasteiger partial charge in [-0.05, 0) is 36.4 Å². The van der Waals surface area contributed by atoms with E-state index < -0.39 is 5.97 Å². The summed E-state index contributed by atoms with van der Waals surface area (Å²) in [6.07, 6.45) is 0. The first-order valence-corrected chi connectivity index (χ1v) is 11.0. The molecule has 1 amide bonds. The molecule has 0 spiro atoms. The summed E-state index contributed by atoms with van der Waals surface area (Å²) in [4.78, 5) is 39.9. The molecule has 36 heavy (non-hydrogen) atoms. The van der Waals surface area contributed by atoms with Gasteiger partial charge in [0.2, 0.25) is 11.9 Å². The number of nitrogen functional groups attached to an aromatic ring is 1. The molecular formula is C26H24N6O4. The molecule has 0 aliphatic heterocycles. The monoisotopic (exact) mass is 484 g/mol. The highest BCUT2D eigenvalue weighted by Gasteiger charge is 2.22. The van der Waals surface area contributed by atoms with Gasteiger partial charge in [0.25, 0.3) is 5.91 Å². The third-order valence-electron chi connectivity index (χ3n) is 5.21. The van der Waals surface area contributed by atoms with E-state index in [0.29, 0.717) is 17.1 Å². The van der Waals surface area contributed by atoms with Crippen LogP contribution in [0.3, 0.4) is 0 Å². The number of benzene rings is 3. The summed E-state index contributed by atoms with van der Waals surface area (Å²) in [5, 5.41) is 3.02. The van der Waals surface area contributed by atoms with Gasteiger partial charge in [-0.25, -0.2) is 4.79 Å². The van der Waals surface area contributed by atoms with E-state index in [9.17, 15) is 9.59 Å². The SMILES string of the molecule is COc1ccccc1Nc1nc(N)nc(COC(=O)c2ccccc2C(=O)N(C)c2ccccc2)n1. The number of ether oxygens (including phenoxy) is 2. The third kappa shape index (κ3) is 5.55. The van der Waals surface area contributed by atoms with Crippen LogP contribution in [-0.4, -0.2) is 41.0 Å². The first-order chi connectivity index (χ1) is 17.5. The summed E-state index contributed by atoms with van der Waals surface area (Å²) in [7, 11) is 3.19. The minimum atomic E-state index is -0.696. The predicted molar refractivity (Wildman–Crippen MR) is 135 cm³/mol. The van der Waals surface area contributed by atoms with Crippen LogP contribution in [0.15, 0.2) is 78.9 Å². The minimum Gasteiger partial charge on any atom is -0.495 e. The Morgan fingerprint density at radius 3 is 2.31 bits per heavy atom. The van der Waals surface area contributed by atoms with Crippen molar-refractivity contribution in [3.8, 4) is 5.75 Å². The Morgan fingerprint density at radius 1 is 0.889 bits per heavy atom. The van der Waals surface area contributed by atoms with Gasteiger partial charge in [-0.1, -0.05) is 42.5 Å². The second-order valence-corrected chi connectivity index (χ2v) is 7.58. The van der Waals surface area contributed by atoms with Gasteiger partial charge in [-0.3, -0.25) is 4.79 Å². The van der Waals surface area contributed by atoms with E-state index in [2.05, 4.69) is 20.3 Å².